The van der Waals surface area contributed by atoms with Gasteiger partial charge >= 0.3 is 0 Å². The number of rotatable bonds is 6. The molecule has 0 saturated carbocycles. The highest BCUT2D eigenvalue weighted by Gasteiger charge is 2.36. The Morgan fingerprint density at radius 3 is 2.57 bits per heavy atom. The lowest BCUT2D eigenvalue weighted by Gasteiger charge is -2.42. The Morgan fingerprint density at radius 2 is 1.91 bits per heavy atom. The monoisotopic (exact) mass is 318 g/mol. The van der Waals surface area contributed by atoms with Gasteiger partial charge in [-0.2, -0.15) is 0 Å². The summed E-state index contributed by atoms with van der Waals surface area (Å²) in [6, 6.07) is 6.21. The van der Waals surface area contributed by atoms with Crippen molar-refractivity contribution in [1.82, 2.24) is 9.88 Å². The second-order valence-electron chi connectivity index (χ2n) is 6.15. The molecule has 1 saturated heterocycles. The van der Waals surface area contributed by atoms with E-state index in [4.69, 9.17) is 4.42 Å². The zero-order chi connectivity index (χ0) is 16.1. The number of oxazole rings is 1. The normalized spacial score (nSPS) is 18.7. The van der Waals surface area contributed by atoms with Gasteiger partial charge in [0.15, 0.2) is 5.89 Å². The molecule has 23 heavy (non-hydrogen) atoms. The zero-order valence-corrected chi connectivity index (χ0v) is 13.2. The van der Waals surface area contributed by atoms with Gasteiger partial charge in [0.1, 0.15) is 17.8 Å². The first-order chi connectivity index (χ1) is 11.2. The van der Waals surface area contributed by atoms with Crippen LogP contribution in [0.5, 0.6) is 0 Å². The fourth-order valence-electron chi connectivity index (χ4n) is 3.33. The van der Waals surface area contributed by atoms with E-state index in [-0.39, 0.29) is 5.82 Å². The number of hydrogen-bond acceptors (Lipinski definition) is 4. The second-order valence-corrected chi connectivity index (χ2v) is 6.15. The van der Waals surface area contributed by atoms with Gasteiger partial charge < -0.3 is 9.52 Å². The first-order valence-corrected chi connectivity index (χ1v) is 8.30. The molecule has 0 bridgehead atoms. The van der Waals surface area contributed by atoms with E-state index in [1.165, 1.54) is 18.6 Å². The number of aliphatic hydroxyl groups is 1. The van der Waals surface area contributed by atoms with Crippen LogP contribution in [0, 0.1) is 5.82 Å². The van der Waals surface area contributed by atoms with Crippen LogP contribution < -0.4 is 0 Å². The van der Waals surface area contributed by atoms with E-state index < -0.39 is 5.72 Å². The lowest BCUT2D eigenvalue weighted by atomic mass is 9.92. The average molecular weight is 318 g/mol. The van der Waals surface area contributed by atoms with E-state index >= 15 is 0 Å². The summed E-state index contributed by atoms with van der Waals surface area (Å²) in [5.74, 6) is 0.402. The predicted octanol–water partition coefficient (Wildman–Crippen LogP) is 3.47. The molecule has 1 aromatic heterocycles. The van der Waals surface area contributed by atoms with Crippen LogP contribution in [0.2, 0.25) is 0 Å². The third kappa shape index (κ3) is 3.79. The van der Waals surface area contributed by atoms with Crippen molar-refractivity contribution < 1.29 is 13.9 Å². The van der Waals surface area contributed by atoms with Crippen molar-refractivity contribution in [3.63, 3.8) is 0 Å². The van der Waals surface area contributed by atoms with Crippen LogP contribution in [0.3, 0.4) is 0 Å². The lowest BCUT2D eigenvalue weighted by molar-refractivity contribution is -0.130. The van der Waals surface area contributed by atoms with Crippen LogP contribution in [-0.4, -0.2) is 28.1 Å². The molecule has 1 fully saturated rings. The van der Waals surface area contributed by atoms with Crippen molar-refractivity contribution in [2.45, 2.75) is 44.2 Å². The third-order valence-electron chi connectivity index (χ3n) is 4.59. The van der Waals surface area contributed by atoms with E-state index in [2.05, 4.69) is 9.88 Å². The number of halogens is 1. The van der Waals surface area contributed by atoms with Crippen LogP contribution in [0.25, 0.3) is 0 Å². The maximum atomic E-state index is 13.2. The Labute approximate surface area is 136 Å². The van der Waals surface area contributed by atoms with E-state index in [0.717, 1.165) is 37.9 Å². The van der Waals surface area contributed by atoms with Gasteiger partial charge in [0.25, 0.3) is 0 Å². The first-order valence-electron chi connectivity index (χ1n) is 8.30. The van der Waals surface area contributed by atoms with Gasteiger partial charge in [-0.25, -0.2) is 9.37 Å². The number of piperidine rings is 1. The quantitative estimate of drug-likeness (QED) is 0.886. The number of aromatic nitrogens is 1. The fraction of sp³-hybridized carbons (Fsp3) is 0.500. The van der Waals surface area contributed by atoms with Gasteiger partial charge in [0.05, 0.1) is 6.20 Å². The van der Waals surface area contributed by atoms with Gasteiger partial charge in [-0.3, -0.25) is 4.90 Å². The highest BCUT2D eigenvalue weighted by atomic mass is 19.1. The Morgan fingerprint density at radius 1 is 1.17 bits per heavy atom. The molecule has 0 amide bonds. The Hall–Kier alpha value is -1.72. The topological polar surface area (TPSA) is 49.5 Å². The maximum absolute atomic E-state index is 13.2. The van der Waals surface area contributed by atoms with Crippen molar-refractivity contribution in [2.75, 3.05) is 13.1 Å². The summed E-state index contributed by atoms with van der Waals surface area (Å²) in [5, 5.41) is 11.4. The van der Waals surface area contributed by atoms with Crippen LogP contribution in [0.4, 0.5) is 4.39 Å². The van der Waals surface area contributed by atoms with E-state index in [0.29, 0.717) is 18.7 Å². The molecule has 0 spiro atoms. The molecule has 1 aliphatic rings. The van der Waals surface area contributed by atoms with Gasteiger partial charge in [-0.15, -0.1) is 0 Å². The number of hydrogen-bond donors (Lipinski definition) is 1. The van der Waals surface area contributed by atoms with Gasteiger partial charge in [0.2, 0.25) is 0 Å². The molecule has 124 valence electrons. The van der Waals surface area contributed by atoms with E-state index in [1.54, 1.807) is 24.6 Å². The SMILES string of the molecule is OC(CCCc1ncco1)(c1ccc(F)cc1)N1CCCCC1. The molecule has 5 heteroatoms. The molecule has 2 aromatic rings. The fourth-order valence-corrected chi connectivity index (χ4v) is 3.33. The third-order valence-corrected chi connectivity index (χ3v) is 4.59. The van der Waals surface area contributed by atoms with E-state index in [1.807, 2.05) is 0 Å². The smallest absolute Gasteiger partial charge is 0.193 e. The van der Waals surface area contributed by atoms with Gasteiger partial charge in [-0.05, 0) is 43.4 Å². The molecule has 3 rings (SSSR count). The molecule has 0 aliphatic carbocycles. The standard InChI is InChI=1S/C18H23FN2O2/c19-16-8-6-15(7-9-16)18(22,21-12-2-1-3-13-21)10-4-5-17-20-11-14-23-17/h6-9,11,14,22H,1-5,10,12-13H2. The summed E-state index contributed by atoms with van der Waals surface area (Å²) in [7, 11) is 0. The Balaban J connectivity index is 1.75. The minimum Gasteiger partial charge on any atom is -0.449 e. The molecular formula is C18H23FN2O2. The van der Waals surface area contributed by atoms with Crippen molar-refractivity contribution in [3.8, 4) is 0 Å². The molecule has 4 nitrogen and oxygen atoms in total. The number of nitrogens with zero attached hydrogens (tertiary/aromatic N) is 2. The lowest BCUT2D eigenvalue weighted by Crippen LogP contribution is -2.48. The summed E-state index contributed by atoms with van der Waals surface area (Å²) >= 11 is 0. The highest BCUT2D eigenvalue weighted by molar-refractivity contribution is 5.23. The zero-order valence-electron chi connectivity index (χ0n) is 13.2. The Kier molecular flexibility index (Phi) is 5.08. The number of likely N-dealkylation sites (tertiary alicyclic amines) is 1. The largest absolute Gasteiger partial charge is 0.449 e. The predicted molar refractivity (Wildman–Crippen MR) is 85.2 cm³/mol. The van der Waals surface area contributed by atoms with E-state index in [9.17, 15) is 9.50 Å². The minimum atomic E-state index is -1.05. The number of benzene rings is 1. The molecule has 0 radical (unpaired) electrons. The summed E-state index contributed by atoms with van der Waals surface area (Å²) < 4.78 is 18.5. The maximum Gasteiger partial charge on any atom is 0.193 e. The average Bonchev–Trinajstić information content (AvgIpc) is 3.09. The summed E-state index contributed by atoms with van der Waals surface area (Å²) in [4.78, 5) is 6.25. The van der Waals surface area contributed by atoms with Crippen molar-refractivity contribution in [1.29, 1.82) is 0 Å². The molecule has 2 heterocycles. The molecular weight excluding hydrogens is 295 g/mol. The van der Waals surface area contributed by atoms with Gasteiger partial charge in [-0.1, -0.05) is 18.6 Å². The van der Waals surface area contributed by atoms with Crippen molar-refractivity contribution >= 4 is 0 Å². The highest BCUT2D eigenvalue weighted by Crippen LogP contribution is 2.33. The van der Waals surface area contributed by atoms with Crippen LogP contribution in [0.1, 0.15) is 43.6 Å². The molecule has 1 unspecified atom stereocenters. The molecule has 1 aromatic carbocycles. The molecule has 1 atom stereocenters. The van der Waals surface area contributed by atoms with Crippen molar-refractivity contribution in [2.24, 2.45) is 0 Å². The summed E-state index contributed by atoms with van der Waals surface area (Å²) in [5.41, 5.74) is -0.297. The Bertz CT molecular complexity index is 594. The van der Waals surface area contributed by atoms with Gasteiger partial charge in [0, 0.05) is 19.5 Å². The minimum absolute atomic E-state index is 0.283. The molecule has 1 N–H and O–H groups in total. The summed E-state index contributed by atoms with van der Waals surface area (Å²) in [6.07, 6.45) is 8.58. The van der Waals surface area contributed by atoms with Crippen LogP contribution in [0.15, 0.2) is 41.1 Å². The van der Waals surface area contributed by atoms with Crippen LogP contribution >= 0.6 is 0 Å². The van der Waals surface area contributed by atoms with Crippen LogP contribution in [-0.2, 0) is 12.1 Å². The second kappa shape index (κ2) is 7.23. The van der Waals surface area contributed by atoms with Crippen molar-refractivity contribution in [3.05, 3.63) is 54.0 Å². The first kappa shape index (κ1) is 16.1. The molecule has 1 aliphatic heterocycles. The number of aryl methyl sites for hydroxylation is 1. The summed E-state index contributed by atoms with van der Waals surface area (Å²) in [6.45, 7) is 1.74.